The number of piperidine rings is 1. The number of H-pyrrole nitrogens is 2. The molecular weight excluding hydrogens is 322 g/mol. The Morgan fingerprint density at radius 3 is 3.00 bits per heavy atom. The molecule has 1 aliphatic rings. The van der Waals surface area contributed by atoms with Crippen molar-refractivity contribution in [1.29, 1.82) is 0 Å². The number of anilines is 1. The second kappa shape index (κ2) is 7.87. The summed E-state index contributed by atoms with van der Waals surface area (Å²) < 4.78 is 5.69. The van der Waals surface area contributed by atoms with Gasteiger partial charge in [0, 0.05) is 6.54 Å². The molecule has 2 amide bonds. The number of rotatable bonds is 5. The molecule has 0 bridgehead atoms. The largest absolute Gasteiger partial charge is 0.491 e. The number of urea groups is 1. The number of nitrogens with one attached hydrogen (secondary N) is 3. The minimum absolute atomic E-state index is 0.221. The van der Waals surface area contributed by atoms with Gasteiger partial charge in [0.25, 0.3) is 0 Å². The minimum Gasteiger partial charge on any atom is -0.491 e. The number of amides is 2. The molecule has 3 rings (SSSR count). The molecule has 1 aromatic heterocycles. The summed E-state index contributed by atoms with van der Waals surface area (Å²) in [5.74, 6) is 1.15. The SMILES string of the molecule is CCCOc1ccccc1NC(=O)N1CCCCC1c1n[nH]c(=O)[nH]1. The summed E-state index contributed by atoms with van der Waals surface area (Å²) in [6.45, 7) is 3.24. The van der Waals surface area contributed by atoms with Crippen molar-refractivity contribution in [2.45, 2.75) is 38.6 Å². The first-order chi connectivity index (χ1) is 12.2. The number of aromatic nitrogens is 3. The molecule has 1 saturated heterocycles. The first kappa shape index (κ1) is 17.1. The van der Waals surface area contributed by atoms with E-state index in [4.69, 9.17) is 4.74 Å². The molecule has 1 aromatic carbocycles. The number of para-hydroxylation sites is 2. The van der Waals surface area contributed by atoms with E-state index in [0.717, 1.165) is 25.7 Å². The van der Waals surface area contributed by atoms with E-state index in [1.807, 2.05) is 31.2 Å². The summed E-state index contributed by atoms with van der Waals surface area (Å²) >= 11 is 0. The highest BCUT2D eigenvalue weighted by Gasteiger charge is 2.30. The topological polar surface area (TPSA) is 103 Å². The summed E-state index contributed by atoms with van der Waals surface area (Å²) in [7, 11) is 0. The number of likely N-dealkylation sites (tertiary alicyclic amines) is 1. The molecule has 1 atom stereocenters. The predicted molar refractivity (Wildman–Crippen MR) is 93.8 cm³/mol. The van der Waals surface area contributed by atoms with Gasteiger partial charge in [-0.1, -0.05) is 19.1 Å². The number of hydrogen-bond donors (Lipinski definition) is 3. The molecule has 0 spiro atoms. The highest BCUT2D eigenvalue weighted by atomic mass is 16.5. The second-order valence-electron chi connectivity index (χ2n) is 6.04. The Kier molecular flexibility index (Phi) is 5.37. The third-order valence-corrected chi connectivity index (χ3v) is 4.19. The van der Waals surface area contributed by atoms with Crippen LogP contribution in [0.3, 0.4) is 0 Å². The Labute approximate surface area is 145 Å². The van der Waals surface area contributed by atoms with Gasteiger partial charge in [0.05, 0.1) is 18.3 Å². The molecule has 8 heteroatoms. The smallest absolute Gasteiger partial charge is 0.340 e. The first-order valence-electron chi connectivity index (χ1n) is 8.63. The Balaban J connectivity index is 1.76. The fraction of sp³-hybridized carbons (Fsp3) is 0.471. The van der Waals surface area contributed by atoms with Gasteiger partial charge < -0.3 is 15.0 Å². The van der Waals surface area contributed by atoms with Crippen molar-refractivity contribution in [2.24, 2.45) is 0 Å². The van der Waals surface area contributed by atoms with Gasteiger partial charge in [0.15, 0.2) is 5.82 Å². The zero-order valence-electron chi connectivity index (χ0n) is 14.2. The number of carbonyl (C=O) groups excluding carboxylic acids is 1. The lowest BCUT2D eigenvalue weighted by Crippen LogP contribution is -2.41. The van der Waals surface area contributed by atoms with Gasteiger partial charge in [-0.3, -0.25) is 4.98 Å². The zero-order chi connectivity index (χ0) is 17.6. The molecule has 0 saturated carbocycles. The number of hydrogen-bond acceptors (Lipinski definition) is 4. The molecule has 8 nitrogen and oxygen atoms in total. The fourth-order valence-electron chi connectivity index (χ4n) is 2.99. The quantitative estimate of drug-likeness (QED) is 0.775. The Morgan fingerprint density at radius 2 is 2.24 bits per heavy atom. The monoisotopic (exact) mass is 345 g/mol. The summed E-state index contributed by atoms with van der Waals surface area (Å²) in [5.41, 5.74) is 0.278. The predicted octanol–water partition coefficient (Wildman–Crippen LogP) is 2.65. The van der Waals surface area contributed by atoms with Crippen molar-refractivity contribution in [3.05, 3.63) is 40.6 Å². The van der Waals surface area contributed by atoms with Crippen molar-refractivity contribution in [3.8, 4) is 5.75 Å². The second-order valence-corrected chi connectivity index (χ2v) is 6.04. The van der Waals surface area contributed by atoms with E-state index in [9.17, 15) is 9.59 Å². The van der Waals surface area contributed by atoms with Gasteiger partial charge in [0.1, 0.15) is 5.75 Å². The first-order valence-corrected chi connectivity index (χ1v) is 8.63. The van der Waals surface area contributed by atoms with Crippen LogP contribution in [0.4, 0.5) is 10.5 Å². The normalized spacial score (nSPS) is 17.3. The van der Waals surface area contributed by atoms with Gasteiger partial charge in [-0.25, -0.2) is 14.7 Å². The van der Waals surface area contributed by atoms with E-state index in [1.165, 1.54) is 0 Å². The molecule has 2 aromatic rings. The molecular formula is C17H23N5O3. The van der Waals surface area contributed by atoms with Crippen LogP contribution < -0.4 is 15.7 Å². The van der Waals surface area contributed by atoms with Gasteiger partial charge in [0.2, 0.25) is 0 Å². The van der Waals surface area contributed by atoms with Gasteiger partial charge in [-0.2, -0.15) is 5.10 Å². The lowest BCUT2D eigenvalue weighted by atomic mass is 10.0. The molecule has 25 heavy (non-hydrogen) atoms. The van der Waals surface area contributed by atoms with Crippen LogP contribution in [-0.2, 0) is 0 Å². The van der Waals surface area contributed by atoms with Gasteiger partial charge >= 0.3 is 11.7 Å². The standard InChI is InChI=1S/C17H23N5O3/c1-2-11-25-14-9-4-3-7-12(14)18-17(24)22-10-6-5-8-13(22)15-19-16(23)21-20-15/h3-4,7,9,13H,2,5-6,8,10-11H2,1H3,(H,18,24)(H2,19,20,21,23). The maximum atomic E-state index is 12.8. The Morgan fingerprint density at radius 1 is 1.40 bits per heavy atom. The van der Waals surface area contributed by atoms with E-state index in [1.54, 1.807) is 4.90 Å². The zero-order valence-corrected chi connectivity index (χ0v) is 14.2. The van der Waals surface area contributed by atoms with Crippen LogP contribution in [0.2, 0.25) is 0 Å². The van der Waals surface area contributed by atoms with Crippen LogP contribution >= 0.6 is 0 Å². The van der Waals surface area contributed by atoms with Crippen LogP contribution in [0.5, 0.6) is 5.75 Å². The molecule has 1 unspecified atom stereocenters. The lowest BCUT2D eigenvalue weighted by Gasteiger charge is -2.34. The number of aromatic amines is 2. The molecule has 0 radical (unpaired) electrons. The number of ether oxygens (including phenoxy) is 1. The third-order valence-electron chi connectivity index (χ3n) is 4.19. The average Bonchev–Trinajstić information content (AvgIpc) is 3.07. The maximum Gasteiger partial charge on any atom is 0.340 e. The number of benzene rings is 1. The summed E-state index contributed by atoms with van der Waals surface area (Å²) in [5, 5.41) is 9.29. The maximum absolute atomic E-state index is 12.8. The summed E-state index contributed by atoms with van der Waals surface area (Å²) in [6.07, 6.45) is 3.57. The molecule has 1 aliphatic heterocycles. The Bertz CT molecular complexity index is 769. The van der Waals surface area contributed by atoms with E-state index in [0.29, 0.717) is 30.4 Å². The summed E-state index contributed by atoms with van der Waals surface area (Å²) in [6, 6.07) is 6.92. The molecule has 3 N–H and O–H groups in total. The van der Waals surface area contributed by atoms with Crippen molar-refractivity contribution in [2.75, 3.05) is 18.5 Å². The molecule has 2 heterocycles. The molecule has 134 valence electrons. The fourth-order valence-corrected chi connectivity index (χ4v) is 2.99. The lowest BCUT2D eigenvalue weighted by molar-refractivity contribution is 0.159. The number of carbonyl (C=O) groups is 1. The van der Waals surface area contributed by atoms with Crippen molar-refractivity contribution in [3.63, 3.8) is 0 Å². The van der Waals surface area contributed by atoms with Crippen LogP contribution in [0.15, 0.2) is 29.1 Å². The van der Waals surface area contributed by atoms with Crippen molar-refractivity contribution >= 4 is 11.7 Å². The van der Waals surface area contributed by atoms with Crippen LogP contribution in [0.25, 0.3) is 0 Å². The van der Waals surface area contributed by atoms with E-state index in [-0.39, 0.29) is 17.8 Å². The number of nitrogens with zero attached hydrogens (tertiary/aromatic N) is 2. The summed E-state index contributed by atoms with van der Waals surface area (Å²) in [4.78, 5) is 28.5. The molecule has 1 fully saturated rings. The van der Waals surface area contributed by atoms with Crippen LogP contribution in [0, 0.1) is 0 Å². The molecule has 0 aliphatic carbocycles. The van der Waals surface area contributed by atoms with E-state index >= 15 is 0 Å². The Hall–Kier alpha value is -2.77. The van der Waals surface area contributed by atoms with E-state index < -0.39 is 0 Å². The minimum atomic E-state index is -0.362. The average molecular weight is 345 g/mol. The van der Waals surface area contributed by atoms with Crippen molar-refractivity contribution in [1.82, 2.24) is 20.1 Å². The van der Waals surface area contributed by atoms with E-state index in [2.05, 4.69) is 20.5 Å². The van der Waals surface area contributed by atoms with Crippen molar-refractivity contribution < 1.29 is 9.53 Å². The van der Waals surface area contributed by atoms with Crippen LogP contribution in [-0.4, -0.2) is 39.3 Å². The third kappa shape index (κ3) is 4.01. The highest BCUT2D eigenvalue weighted by molar-refractivity contribution is 5.91. The van der Waals surface area contributed by atoms with Gasteiger partial charge in [-0.15, -0.1) is 0 Å². The van der Waals surface area contributed by atoms with Gasteiger partial charge in [-0.05, 0) is 37.8 Å². The van der Waals surface area contributed by atoms with Crippen LogP contribution in [0.1, 0.15) is 44.5 Å². The highest BCUT2D eigenvalue weighted by Crippen LogP contribution is 2.30.